The Morgan fingerprint density at radius 3 is 1.81 bits per heavy atom. The summed E-state index contributed by atoms with van der Waals surface area (Å²) in [5.74, 6) is 5.41. The standard InChI is InChI=1S/C24H22NS/c1-2-20-10-12-22(13-11-20)25(21-8-4-3-5-9-21)23-14-16-24(17-15-23)26-18-6-7-19-26/h1,3-5,8-17H,6-7,18-19H2/q+1. The van der Waals surface area contributed by atoms with Gasteiger partial charge in [-0.2, -0.15) is 0 Å². The highest BCUT2D eigenvalue weighted by atomic mass is 32.2. The molecule has 1 aliphatic rings. The fourth-order valence-electron chi connectivity index (χ4n) is 3.41. The van der Waals surface area contributed by atoms with Crippen molar-refractivity contribution in [2.45, 2.75) is 17.7 Å². The average molecular weight is 357 g/mol. The quantitative estimate of drug-likeness (QED) is 0.415. The van der Waals surface area contributed by atoms with Crippen LogP contribution in [0.2, 0.25) is 0 Å². The van der Waals surface area contributed by atoms with E-state index in [0.717, 1.165) is 16.9 Å². The monoisotopic (exact) mass is 356 g/mol. The molecule has 0 aromatic heterocycles. The number of hydrogen-bond acceptors (Lipinski definition) is 1. The first kappa shape index (κ1) is 16.8. The van der Waals surface area contributed by atoms with Crippen molar-refractivity contribution >= 4 is 28.0 Å². The van der Waals surface area contributed by atoms with Gasteiger partial charge in [0.05, 0.1) is 0 Å². The Bertz CT molecular complexity index is 886. The lowest BCUT2D eigenvalue weighted by atomic mass is 10.1. The van der Waals surface area contributed by atoms with Crippen LogP contribution in [-0.2, 0) is 10.9 Å². The fourth-order valence-corrected chi connectivity index (χ4v) is 5.71. The molecular formula is C24H22NS+. The summed E-state index contributed by atoms with van der Waals surface area (Å²) < 4.78 is 0. The molecule has 0 amide bonds. The van der Waals surface area contributed by atoms with Crippen molar-refractivity contribution in [2.75, 3.05) is 16.4 Å². The van der Waals surface area contributed by atoms with Gasteiger partial charge in [0.25, 0.3) is 0 Å². The van der Waals surface area contributed by atoms with E-state index in [1.54, 1.807) is 0 Å². The summed E-state index contributed by atoms with van der Waals surface area (Å²) in [6.07, 6.45) is 8.27. The van der Waals surface area contributed by atoms with Crippen LogP contribution in [0, 0.1) is 12.3 Å². The van der Waals surface area contributed by atoms with Gasteiger partial charge in [0.2, 0.25) is 0 Å². The Morgan fingerprint density at radius 1 is 0.692 bits per heavy atom. The molecule has 0 atom stereocenters. The molecule has 0 saturated carbocycles. The molecule has 0 unspecified atom stereocenters. The van der Waals surface area contributed by atoms with Gasteiger partial charge in [0.15, 0.2) is 4.90 Å². The van der Waals surface area contributed by atoms with Gasteiger partial charge < -0.3 is 4.90 Å². The summed E-state index contributed by atoms with van der Waals surface area (Å²) in [7, 11) is 0.454. The molecule has 0 bridgehead atoms. The first-order valence-electron chi connectivity index (χ1n) is 9.04. The van der Waals surface area contributed by atoms with Crippen molar-refractivity contribution in [3.8, 4) is 12.3 Å². The van der Waals surface area contributed by atoms with Crippen LogP contribution in [-0.4, -0.2) is 11.5 Å². The van der Waals surface area contributed by atoms with Crippen molar-refractivity contribution in [1.82, 2.24) is 0 Å². The molecule has 2 heteroatoms. The zero-order chi connectivity index (χ0) is 17.8. The van der Waals surface area contributed by atoms with Crippen LogP contribution in [0.4, 0.5) is 17.1 Å². The molecule has 1 aliphatic heterocycles. The Labute approximate surface area is 159 Å². The molecule has 128 valence electrons. The lowest BCUT2D eigenvalue weighted by Gasteiger charge is -2.25. The molecule has 3 aromatic rings. The van der Waals surface area contributed by atoms with E-state index in [1.165, 1.54) is 34.9 Å². The average Bonchev–Trinajstić information content (AvgIpc) is 3.25. The molecule has 1 fully saturated rings. The third kappa shape index (κ3) is 3.49. The van der Waals surface area contributed by atoms with Crippen molar-refractivity contribution < 1.29 is 0 Å². The minimum Gasteiger partial charge on any atom is -0.310 e. The smallest absolute Gasteiger partial charge is 0.155 e. The Hall–Kier alpha value is -2.63. The SMILES string of the molecule is C#Cc1ccc(N(c2ccccc2)c2ccc([S+]3CCCC3)cc2)cc1. The lowest BCUT2D eigenvalue weighted by molar-refractivity contribution is 0.949. The second kappa shape index (κ2) is 7.72. The van der Waals surface area contributed by atoms with Crippen molar-refractivity contribution in [1.29, 1.82) is 0 Å². The van der Waals surface area contributed by atoms with Crippen LogP contribution < -0.4 is 4.90 Å². The third-order valence-corrected chi connectivity index (χ3v) is 7.27. The number of benzene rings is 3. The Kier molecular flexibility index (Phi) is 5.00. The Morgan fingerprint density at radius 2 is 1.23 bits per heavy atom. The summed E-state index contributed by atoms with van der Waals surface area (Å²) >= 11 is 0. The summed E-state index contributed by atoms with van der Waals surface area (Å²) in [6.45, 7) is 0. The van der Waals surface area contributed by atoms with Crippen LogP contribution >= 0.6 is 0 Å². The molecule has 0 radical (unpaired) electrons. The number of anilines is 3. The van der Waals surface area contributed by atoms with Gasteiger partial charge >= 0.3 is 0 Å². The van der Waals surface area contributed by atoms with Crippen molar-refractivity contribution in [3.63, 3.8) is 0 Å². The van der Waals surface area contributed by atoms with Crippen LogP contribution in [0.25, 0.3) is 0 Å². The summed E-state index contributed by atoms with van der Waals surface area (Å²) in [5, 5.41) is 0. The third-order valence-electron chi connectivity index (χ3n) is 4.77. The van der Waals surface area contributed by atoms with Gasteiger partial charge in [-0.3, -0.25) is 0 Å². The minimum atomic E-state index is 0.454. The van der Waals surface area contributed by atoms with Crippen molar-refractivity contribution in [3.05, 3.63) is 84.4 Å². The van der Waals surface area contributed by atoms with E-state index < -0.39 is 0 Å². The first-order valence-corrected chi connectivity index (χ1v) is 10.6. The second-order valence-corrected chi connectivity index (χ2v) is 8.74. The first-order chi connectivity index (χ1) is 12.8. The predicted molar refractivity (Wildman–Crippen MR) is 114 cm³/mol. The predicted octanol–water partition coefficient (Wildman–Crippen LogP) is 5.91. The van der Waals surface area contributed by atoms with Gasteiger partial charge in [0.1, 0.15) is 11.5 Å². The van der Waals surface area contributed by atoms with E-state index in [2.05, 4.69) is 71.5 Å². The highest BCUT2D eigenvalue weighted by molar-refractivity contribution is 7.97. The van der Waals surface area contributed by atoms with Crippen LogP contribution in [0.1, 0.15) is 18.4 Å². The summed E-state index contributed by atoms with van der Waals surface area (Å²) in [5.41, 5.74) is 4.35. The number of hydrogen-bond donors (Lipinski definition) is 0. The maximum atomic E-state index is 5.51. The number of terminal acetylenes is 1. The maximum absolute atomic E-state index is 5.51. The normalized spacial score (nSPS) is 14.1. The largest absolute Gasteiger partial charge is 0.310 e. The zero-order valence-corrected chi connectivity index (χ0v) is 15.6. The van der Waals surface area contributed by atoms with E-state index in [9.17, 15) is 0 Å². The van der Waals surface area contributed by atoms with Crippen molar-refractivity contribution in [2.24, 2.45) is 0 Å². The van der Waals surface area contributed by atoms with Gasteiger partial charge in [-0.15, -0.1) is 6.42 Å². The Balaban J connectivity index is 1.71. The molecule has 0 spiro atoms. The number of nitrogens with zero attached hydrogens (tertiary/aromatic N) is 1. The van der Waals surface area contributed by atoms with E-state index >= 15 is 0 Å². The topological polar surface area (TPSA) is 3.24 Å². The fraction of sp³-hybridized carbons (Fsp3) is 0.167. The van der Waals surface area contributed by atoms with E-state index in [4.69, 9.17) is 6.42 Å². The molecule has 1 saturated heterocycles. The zero-order valence-electron chi connectivity index (χ0n) is 14.8. The van der Waals surface area contributed by atoms with Crippen LogP contribution in [0.3, 0.4) is 0 Å². The molecule has 4 rings (SSSR count). The lowest BCUT2D eigenvalue weighted by Crippen LogP contribution is -2.10. The summed E-state index contributed by atoms with van der Waals surface area (Å²) in [4.78, 5) is 3.78. The molecule has 0 aliphatic carbocycles. The van der Waals surface area contributed by atoms with Gasteiger partial charge in [-0.05, 0) is 73.5 Å². The summed E-state index contributed by atoms with van der Waals surface area (Å²) in [6, 6.07) is 27.8. The molecule has 1 heterocycles. The number of para-hydroxylation sites is 1. The van der Waals surface area contributed by atoms with E-state index in [-0.39, 0.29) is 0 Å². The van der Waals surface area contributed by atoms with E-state index in [1.807, 2.05) is 18.2 Å². The number of rotatable bonds is 4. The molecular weight excluding hydrogens is 334 g/mol. The molecule has 26 heavy (non-hydrogen) atoms. The molecule has 0 N–H and O–H groups in total. The minimum absolute atomic E-state index is 0.454. The molecule has 3 aromatic carbocycles. The van der Waals surface area contributed by atoms with Gasteiger partial charge in [0, 0.05) is 33.5 Å². The maximum Gasteiger partial charge on any atom is 0.155 e. The molecule has 1 nitrogen and oxygen atoms in total. The van der Waals surface area contributed by atoms with Crippen LogP contribution in [0.5, 0.6) is 0 Å². The van der Waals surface area contributed by atoms with Gasteiger partial charge in [-0.1, -0.05) is 24.1 Å². The highest BCUT2D eigenvalue weighted by Gasteiger charge is 2.26. The van der Waals surface area contributed by atoms with Gasteiger partial charge in [-0.25, -0.2) is 0 Å². The van der Waals surface area contributed by atoms with Crippen LogP contribution in [0.15, 0.2) is 83.8 Å². The highest BCUT2D eigenvalue weighted by Crippen LogP contribution is 2.35. The van der Waals surface area contributed by atoms with E-state index in [0.29, 0.717) is 10.9 Å². The second-order valence-electron chi connectivity index (χ2n) is 6.46.